The molecule has 3 rings (SSSR count). The molecule has 0 aromatic heterocycles. The second-order valence-electron chi connectivity index (χ2n) is 6.43. The molecule has 2 nitrogen and oxygen atoms in total. The van der Waals surface area contributed by atoms with E-state index in [1.165, 1.54) is 55.2 Å². The summed E-state index contributed by atoms with van der Waals surface area (Å²) in [5, 5.41) is 3.78. The molecular formula is C17H25BrN2. The van der Waals surface area contributed by atoms with Crippen LogP contribution in [0.5, 0.6) is 0 Å². The van der Waals surface area contributed by atoms with E-state index in [1.54, 1.807) is 0 Å². The quantitative estimate of drug-likeness (QED) is 0.900. The zero-order chi connectivity index (χ0) is 13.9. The number of likely N-dealkylation sites (N-methyl/N-ethyl adjacent to an activating group) is 1. The summed E-state index contributed by atoms with van der Waals surface area (Å²) in [5.74, 6) is 0.743. The molecule has 1 atom stereocenters. The summed E-state index contributed by atoms with van der Waals surface area (Å²) in [6.45, 7) is 2.44. The van der Waals surface area contributed by atoms with Gasteiger partial charge in [0.1, 0.15) is 0 Å². The van der Waals surface area contributed by atoms with E-state index < -0.39 is 0 Å². The maximum Gasteiger partial charge on any atom is 0.0217 e. The fourth-order valence-corrected chi connectivity index (χ4v) is 4.16. The molecule has 0 bridgehead atoms. The third-order valence-corrected chi connectivity index (χ3v) is 5.77. The number of hydrogen-bond donors (Lipinski definition) is 1. The molecule has 0 amide bonds. The molecule has 0 spiro atoms. The summed E-state index contributed by atoms with van der Waals surface area (Å²) >= 11 is 3.67. The van der Waals surface area contributed by atoms with Crippen molar-refractivity contribution in [2.24, 2.45) is 0 Å². The van der Waals surface area contributed by atoms with Crippen LogP contribution in [0.1, 0.15) is 43.6 Å². The minimum absolute atomic E-state index is 0.724. The Morgan fingerprint density at radius 3 is 2.80 bits per heavy atom. The molecule has 1 aromatic rings. The van der Waals surface area contributed by atoms with Crippen LogP contribution >= 0.6 is 15.9 Å². The minimum atomic E-state index is 0.724. The van der Waals surface area contributed by atoms with Gasteiger partial charge in [0.15, 0.2) is 0 Å². The average Bonchev–Trinajstić information content (AvgIpc) is 2.41. The number of benzene rings is 1. The van der Waals surface area contributed by atoms with Crippen molar-refractivity contribution in [2.75, 3.05) is 20.1 Å². The van der Waals surface area contributed by atoms with Crippen molar-refractivity contribution >= 4 is 15.9 Å². The van der Waals surface area contributed by atoms with E-state index in [0.29, 0.717) is 0 Å². The normalized spacial score (nSPS) is 31.0. The molecule has 0 radical (unpaired) electrons. The lowest BCUT2D eigenvalue weighted by molar-refractivity contribution is 0.166. The first-order valence-electron chi connectivity index (χ1n) is 7.92. The van der Waals surface area contributed by atoms with E-state index in [9.17, 15) is 0 Å². The molecular weight excluding hydrogens is 312 g/mol. The van der Waals surface area contributed by atoms with Gasteiger partial charge < -0.3 is 10.2 Å². The van der Waals surface area contributed by atoms with Gasteiger partial charge in [-0.3, -0.25) is 0 Å². The van der Waals surface area contributed by atoms with E-state index in [0.717, 1.165) is 18.0 Å². The molecule has 3 heteroatoms. The molecule has 1 N–H and O–H groups in total. The van der Waals surface area contributed by atoms with Gasteiger partial charge >= 0.3 is 0 Å². The van der Waals surface area contributed by atoms with Crippen LogP contribution in [-0.4, -0.2) is 37.1 Å². The molecule has 1 aromatic carbocycles. The summed E-state index contributed by atoms with van der Waals surface area (Å²) < 4.78 is 1.27. The van der Waals surface area contributed by atoms with Crippen LogP contribution in [0.4, 0.5) is 0 Å². The Balaban J connectivity index is 1.43. The van der Waals surface area contributed by atoms with Gasteiger partial charge in [0.25, 0.3) is 0 Å². The van der Waals surface area contributed by atoms with Gasteiger partial charge in [-0.15, -0.1) is 0 Å². The van der Waals surface area contributed by atoms with Gasteiger partial charge in [-0.25, -0.2) is 0 Å². The first kappa shape index (κ1) is 14.6. The monoisotopic (exact) mass is 336 g/mol. The fourth-order valence-electron chi connectivity index (χ4n) is 3.55. The van der Waals surface area contributed by atoms with Gasteiger partial charge in [0, 0.05) is 23.1 Å². The van der Waals surface area contributed by atoms with Gasteiger partial charge in [-0.05, 0) is 56.8 Å². The highest BCUT2D eigenvalue weighted by Crippen LogP contribution is 2.40. The molecule has 2 aliphatic rings. The molecule has 1 aliphatic carbocycles. The topological polar surface area (TPSA) is 15.3 Å². The van der Waals surface area contributed by atoms with Crippen LogP contribution in [0.25, 0.3) is 0 Å². The average molecular weight is 337 g/mol. The second kappa shape index (κ2) is 6.59. The lowest BCUT2D eigenvalue weighted by Crippen LogP contribution is -2.48. The Hall–Kier alpha value is -0.380. The van der Waals surface area contributed by atoms with Crippen LogP contribution in [-0.2, 0) is 0 Å². The lowest BCUT2D eigenvalue weighted by atomic mass is 9.76. The SMILES string of the molecule is CN1CCCCC1CNC1CC(c2ccccc2Br)C1. The zero-order valence-electron chi connectivity index (χ0n) is 12.3. The fraction of sp³-hybridized carbons (Fsp3) is 0.647. The summed E-state index contributed by atoms with van der Waals surface area (Å²) in [6, 6.07) is 10.2. The standard InChI is InChI=1S/C17H25BrN2/c1-20-9-5-4-6-15(20)12-19-14-10-13(11-14)16-7-2-3-8-17(16)18/h2-3,7-8,13-15,19H,4-6,9-12H2,1H3. The van der Waals surface area contributed by atoms with Crippen LogP contribution in [0.15, 0.2) is 28.7 Å². The zero-order valence-corrected chi connectivity index (χ0v) is 13.9. The highest BCUT2D eigenvalue weighted by atomic mass is 79.9. The lowest BCUT2D eigenvalue weighted by Gasteiger charge is -2.39. The first-order valence-corrected chi connectivity index (χ1v) is 8.71. The van der Waals surface area contributed by atoms with Crippen LogP contribution in [0.3, 0.4) is 0 Å². The molecule has 110 valence electrons. The Morgan fingerprint density at radius 1 is 1.25 bits per heavy atom. The highest BCUT2D eigenvalue weighted by Gasteiger charge is 2.31. The third kappa shape index (κ3) is 3.26. The van der Waals surface area contributed by atoms with E-state index in [4.69, 9.17) is 0 Å². The van der Waals surface area contributed by atoms with Crippen molar-refractivity contribution in [2.45, 2.75) is 50.1 Å². The van der Waals surface area contributed by atoms with E-state index in [1.807, 2.05) is 0 Å². The molecule has 1 aliphatic heterocycles. The largest absolute Gasteiger partial charge is 0.312 e. The van der Waals surface area contributed by atoms with Crippen molar-refractivity contribution in [3.8, 4) is 0 Å². The number of rotatable bonds is 4. The number of likely N-dealkylation sites (tertiary alicyclic amines) is 1. The molecule has 1 saturated carbocycles. The summed E-state index contributed by atoms with van der Waals surface area (Å²) in [6.07, 6.45) is 6.73. The Labute approximate surface area is 131 Å². The maximum absolute atomic E-state index is 3.78. The summed E-state index contributed by atoms with van der Waals surface area (Å²) in [5.41, 5.74) is 1.49. The van der Waals surface area contributed by atoms with Crippen LogP contribution in [0.2, 0.25) is 0 Å². The van der Waals surface area contributed by atoms with Crippen molar-refractivity contribution in [1.82, 2.24) is 10.2 Å². The highest BCUT2D eigenvalue weighted by molar-refractivity contribution is 9.10. The van der Waals surface area contributed by atoms with Gasteiger partial charge in [-0.1, -0.05) is 40.5 Å². The Kier molecular flexibility index (Phi) is 4.79. The second-order valence-corrected chi connectivity index (χ2v) is 7.28. The van der Waals surface area contributed by atoms with Crippen LogP contribution in [0, 0.1) is 0 Å². The summed E-state index contributed by atoms with van der Waals surface area (Å²) in [4.78, 5) is 2.53. The number of nitrogens with one attached hydrogen (secondary N) is 1. The molecule has 1 saturated heterocycles. The number of hydrogen-bond acceptors (Lipinski definition) is 2. The van der Waals surface area contributed by atoms with Gasteiger partial charge in [0.05, 0.1) is 0 Å². The minimum Gasteiger partial charge on any atom is -0.312 e. The molecule has 1 heterocycles. The predicted molar refractivity (Wildman–Crippen MR) is 88.2 cm³/mol. The molecule has 1 unspecified atom stereocenters. The number of nitrogens with zero attached hydrogens (tertiary/aromatic N) is 1. The van der Waals surface area contributed by atoms with Gasteiger partial charge in [-0.2, -0.15) is 0 Å². The third-order valence-electron chi connectivity index (χ3n) is 5.05. The van der Waals surface area contributed by atoms with Crippen molar-refractivity contribution in [3.05, 3.63) is 34.3 Å². The molecule has 20 heavy (non-hydrogen) atoms. The Bertz CT molecular complexity index is 442. The summed E-state index contributed by atoms with van der Waals surface area (Å²) in [7, 11) is 2.27. The maximum atomic E-state index is 3.78. The molecule has 2 fully saturated rings. The van der Waals surface area contributed by atoms with Crippen molar-refractivity contribution < 1.29 is 0 Å². The number of piperidine rings is 1. The van der Waals surface area contributed by atoms with Crippen molar-refractivity contribution in [3.63, 3.8) is 0 Å². The van der Waals surface area contributed by atoms with E-state index >= 15 is 0 Å². The number of halogens is 1. The van der Waals surface area contributed by atoms with Crippen molar-refractivity contribution in [1.29, 1.82) is 0 Å². The first-order chi connectivity index (χ1) is 9.74. The van der Waals surface area contributed by atoms with Gasteiger partial charge in [0.2, 0.25) is 0 Å². The van der Waals surface area contributed by atoms with E-state index in [-0.39, 0.29) is 0 Å². The van der Waals surface area contributed by atoms with Crippen LogP contribution < -0.4 is 5.32 Å². The Morgan fingerprint density at radius 2 is 2.05 bits per heavy atom. The van der Waals surface area contributed by atoms with E-state index in [2.05, 4.69) is 57.5 Å². The predicted octanol–water partition coefficient (Wildman–Crippen LogP) is 3.77. The smallest absolute Gasteiger partial charge is 0.0217 e.